The van der Waals surface area contributed by atoms with E-state index in [0.717, 1.165) is 11.3 Å². The number of nitrogens with one attached hydrogen (secondary N) is 2. The number of hydrogen-bond acceptors (Lipinski definition) is 3. The largest absolute Gasteiger partial charge is 0.497 e. The summed E-state index contributed by atoms with van der Waals surface area (Å²) in [5, 5.41) is 0.462. The molecule has 0 aliphatic rings. The molecule has 0 radical (unpaired) electrons. The fourth-order valence-electron chi connectivity index (χ4n) is 1.94. The summed E-state index contributed by atoms with van der Waals surface area (Å²) in [6, 6.07) is 14.0. The number of carbonyl (C=O) groups is 2. The summed E-state index contributed by atoms with van der Waals surface area (Å²) >= 11 is 5.81. The molecule has 120 valence electrons. The number of halogens is 1. The van der Waals surface area contributed by atoms with E-state index in [0.29, 0.717) is 17.0 Å². The van der Waals surface area contributed by atoms with Gasteiger partial charge in [-0.05, 0) is 42.3 Å². The molecule has 5 nitrogen and oxygen atoms in total. The number of ether oxygens (including phenoxy) is 1. The molecule has 0 fully saturated rings. The maximum Gasteiger partial charge on any atom is 0.269 e. The minimum absolute atomic E-state index is 0.266. The lowest BCUT2D eigenvalue weighted by Crippen LogP contribution is -2.41. The Kier molecular flexibility index (Phi) is 6.00. The minimum atomic E-state index is -0.412. The van der Waals surface area contributed by atoms with Crippen LogP contribution in [-0.2, 0) is 11.2 Å². The molecule has 0 atom stereocenters. The minimum Gasteiger partial charge on any atom is -0.497 e. The molecule has 0 bridgehead atoms. The quantitative estimate of drug-likeness (QED) is 0.827. The first-order chi connectivity index (χ1) is 11.1. The topological polar surface area (TPSA) is 67.4 Å². The van der Waals surface area contributed by atoms with Gasteiger partial charge >= 0.3 is 0 Å². The Hall–Kier alpha value is -2.53. The fourth-order valence-corrected chi connectivity index (χ4v) is 2.13. The van der Waals surface area contributed by atoms with E-state index < -0.39 is 5.91 Å². The molecule has 0 spiro atoms. The van der Waals surface area contributed by atoms with Crippen LogP contribution in [0.2, 0.25) is 5.02 Å². The van der Waals surface area contributed by atoms with Gasteiger partial charge in [0.05, 0.1) is 7.11 Å². The summed E-state index contributed by atoms with van der Waals surface area (Å²) < 4.78 is 5.07. The third kappa shape index (κ3) is 5.30. The highest BCUT2D eigenvalue weighted by Gasteiger charge is 2.08. The monoisotopic (exact) mass is 332 g/mol. The highest BCUT2D eigenvalue weighted by molar-refractivity contribution is 6.30. The maximum absolute atomic E-state index is 11.8. The van der Waals surface area contributed by atoms with E-state index in [1.807, 2.05) is 24.3 Å². The maximum atomic E-state index is 11.8. The summed E-state index contributed by atoms with van der Waals surface area (Å²) in [4.78, 5) is 23.6. The van der Waals surface area contributed by atoms with Crippen molar-refractivity contribution >= 4 is 23.4 Å². The number of aryl methyl sites for hydroxylation is 1. The molecule has 23 heavy (non-hydrogen) atoms. The summed E-state index contributed by atoms with van der Waals surface area (Å²) in [6.07, 6.45) is 0.838. The second-order valence-electron chi connectivity index (χ2n) is 4.86. The molecule has 6 heteroatoms. The molecular weight excluding hydrogens is 316 g/mol. The zero-order chi connectivity index (χ0) is 16.7. The van der Waals surface area contributed by atoms with E-state index in [1.165, 1.54) is 6.07 Å². The second-order valence-corrected chi connectivity index (χ2v) is 5.30. The van der Waals surface area contributed by atoms with Crippen molar-refractivity contribution in [2.75, 3.05) is 7.11 Å². The molecule has 0 saturated carbocycles. The Balaban J connectivity index is 1.77. The molecule has 0 aliphatic heterocycles. The van der Waals surface area contributed by atoms with Crippen LogP contribution >= 0.6 is 11.6 Å². The Morgan fingerprint density at radius 3 is 2.48 bits per heavy atom. The van der Waals surface area contributed by atoms with Crippen LogP contribution in [0.3, 0.4) is 0 Å². The normalized spacial score (nSPS) is 10.0. The van der Waals surface area contributed by atoms with Gasteiger partial charge in [-0.2, -0.15) is 0 Å². The van der Waals surface area contributed by atoms with Gasteiger partial charge < -0.3 is 4.74 Å². The van der Waals surface area contributed by atoms with Crippen molar-refractivity contribution < 1.29 is 14.3 Å². The first-order valence-electron chi connectivity index (χ1n) is 7.06. The molecule has 0 aliphatic carbocycles. The van der Waals surface area contributed by atoms with Crippen LogP contribution in [0, 0.1) is 0 Å². The molecule has 0 unspecified atom stereocenters. The Bertz CT molecular complexity index is 686. The number of hydrazine groups is 1. The van der Waals surface area contributed by atoms with Crippen molar-refractivity contribution in [3.63, 3.8) is 0 Å². The number of methoxy groups -OCH3 is 1. The molecule has 2 aromatic rings. The third-order valence-electron chi connectivity index (χ3n) is 3.20. The average molecular weight is 333 g/mol. The molecule has 0 heterocycles. The summed E-state index contributed by atoms with van der Waals surface area (Å²) in [6.45, 7) is 0. The number of carbonyl (C=O) groups excluding carboxylic acids is 2. The lowest BCUT2D eigenvalue weighted by atomic mass is 10.1. The zero-order valence-corrected chi connectivity index (χ0v) is 13.4. The van der Waals surface area contributed by atoms with Crippen molar-refractivity contribution in [1.29, 1.82) is 0 Å². The van der Waals surface area contributed by atoms with Crippen LogP contribution < -0.4 is 15.6 Å². The van der Waals surface area contributed by atoms with Gasteiger partial charge in [0.25, 0.3) is 5.91 Å². The molecule has 2 amide bonds. The van der Waals surface area contributed by atoms with Gasteiger partial charge in [0.2, 0.25) is 5.91 Å². The van der Waals surface area contributed by atoms with Crippen molar-refractivity contribution in [2.45, 2.75) is 12.8 Å². The Labute approximate surface area is 139 Å². The molecule has 2 aromatic carbocycles. The highest BCUT2D eigenvalue weighted by atomic mass is 35.5. The van der Waals surface area contributed by atoms with Crippen molar-refractivity contribution in [3.05, 3.63) is 64.7 Å². The number of hydrogen-bond donors (Lipinski definition) is 2. The van der Waals surface area contributed by atoms with Crippen molar-refractivity contribution in [3.8, 4) is 5.75 Å². The SMILES string of the molecule is COc1ccc(CCC(=O)NNC(=O)c2cccc(Cl)c2)cc1. The lowest BCUT2D eigenvalue weighted by molar-refractivity contribution is -0.121. The van der Waals surface area contributed by atoms with Crippen LogP contribution in [0.15, 0.2) is 48.5 Å². The van der Waals surface area contributed by atoms with Gasteiger partial charge in [-0.25, -0.2) is 0 Å². The van der Waals surface area contributed by atoms with Crippen LogP contribution in [0.4, 0.5) is 0 Å². The third-order valence-corrected chi connectivity index (χ3v) is 3.44. The van der Waals surface area contributed by atoms with E-state index >= 15 is 0 Å². The predicted octanol–water partition coefficient (Wildman–Crippen LogP) is 2.74. The highest BCUT2D eigenvalue weighted by Crippen LogP contribution is 2.12. The Morgan fingerprint density at radius 1 is 1.09 bits per heavy atom. The molecule has 0 saturated heterocycles. The molecular formula is C17H17ClN2O3. The standard InChI is InChI=1S/C17H17ClN2O3/c1-23-15-8-5-12(6-9-15)7-10-16(21)19-20-17(22)13-3-2-4-14(18)11-13/h2-6,8-9,11H,7,10H2,1H3,(H,19,21)(H,20,22). The van der Waals surface area contributed by atoms with E-state index in [1.54, 1.807) is 25.3 Å². The lowest BCUT2D eigenvalue weighted by Gasteiger charge is -2.08. The predicted molar refractivity (Wildman–Crippen MR) is 88.4 cm³/mol. The van der Waals surface area contributed by atoms with Crippen LogP contribution in [0.1, 0.15) is 22.3 Å². The van der Waals surface area contributed by atoms with Gasteiger partial charge in [-0.1, -0.05) is 29.8 Å². The van der Waals surface area contributed by atoms with Crippen LogP contribution in [0.5, 0.6) is 5.75 Å². The molecule has 2 N–H and O–H groups in total. The van der Waals surface area contributed by atoms with E-state index in [-0.39, 0.29) is 12.3 Å². The van der Waals surface area contributed by atoms with E-state index in [2.05, 4.69) is 10.9 Å². The zero-order valence-electron chi connectivity index (χ0n) is 12.6. The van der Waals surface area contributed by atoms with Crippen LogP contribution in [0.25, 0.3) is 0 Å². The van der Waals surface area contributed by atoms with E-state index in [9.17, 15) is 9.59 Å². The van der Waals surface area contributed by atoms with Crippen LogP contribution in [-0.4, -0.2) is 18.9 Å². The van der Waals surface area contributed by atoms with Crippen molar-refractivity contribution in [1.82, 2.24) is 10.9 Å². The van der Waals surface area contributed by atoms with Gasteiger partial charge in [0, 0.05) is 17.0 Å². The van der Waals surface area contributed by atoms with Gasteiger partial charge in [-0.15, -0.1) is 0 Å². The first kappa shape index (κ1) is 16.8. The van der Waals surface area contributed by atoms with Gasteiger partial charge in [0.15, 0.2) is 0 Å². The average Bonchev–Trinajstić information content (AvgIpc) is 2.58. The van der Waals surface area contributed by atoms with Gasteiger partial charge in [0.1, 0.15) is 5.75 Å². The molecule has 2 rings (SSSR count). The molecule has 0 aromatic heterocycles. The fraction of sp³-hybridized carbons (Fsp3) is 0.176. The Morgan fingerprint density at radius 2 is 1.83 bits per heavy atom. The van der Waals surface area contributed by atoms with Gasteiger partial charge in [-0.3, -0.25) is 20.4 Å². The summed E-state index contributed by atoms with van der Waals surface area (Å²) in [7, 11) is 1.60. The van der Waals surface area contributed by atoms with E-state index in [4.69, 9.17) is 16.3 Å². The smallest absolute Gasteiger partial charge is 0.269 e. The summed E-state index contributed by atoms with van der Waals surface area (Å²) in [5.41, 5.74) is 6.15. The second kappa shape index (κ2) is 8.19. The first-order valence-corrected chi connectivity index (χ1v) is 7.44. The summed E-state index contributed by atoms with van der Waals surface area (Å²) in [5.74, 6) is 0.0912. The number of amides is 2. The number of benzene rings is 2. The van der Waals surface area contributed by atoms with Crippen molar-refractivity contribution in [2.24, 2.45) is 0 Å². The number of rotatable bonds is 5.